The molecule has 3 N–H and O–H groups in total. The second-order valence-electron chi connectivity index (χ2n) is 4.72. The number of aromatic nitrogens is 2. The number of carbonyl (C=O) groups excluding carboxylic acids is 3. The third kappa shape index (κ3) is 4.15. The van der Waals surface area contributed by atoms with E-state index in [0.29, 0.717) is 16.5 Å². The molecule has 0 aliphatic heterocycles. The van der Waals surface area contributed by atoms with Crippen LogP contribution >= 0.6 is 0 Å². The van der Waals surface area contributed by atoms with Crippen molar-refractivity contribution in [2.24, 2.45) is 0 Å². The van der Waals surface area contributed by atoms with Crippen LogP contribution in [0.1, 0.15) is 12.6 Å². The Morgan fingerprint density at radius 1 is 1.12 bits per heavy atom. The lowest BCUT2D eigenvalue weighted by Crippen LogP contribution is -2.42. The normalized spacial score (nSPS) is 10.2. The summed E-state index contributed by atoms with van der Waals surface area (Å²) in [4.78, 5) is 46.1. The van der Waals surface area contributed by atoms with Crippen LogP contribution in [0.15, 0.2) is 29.1 Å². The number of nitrogens with one attached hydrogen (secondary N) is 3. The molecule has 0 spiro atoms. The van der Waals surface area contributed by atoms with E-state index in [1.54, 1.807) is 31.2 Å². The summed E-state index contributed by atoms with van der Waals surface area (Å²) in [6.45, 7) is 1.38. The number of aromatic amines is 1. The highest BCUT2D eigenvalue weighted by Crippen LogP contribution is 2.11. The average molecular weight is 332 g/mol. The van der Waals surface area contributed by atoms with E-state index in [-0.39, 0.29) is 25.3 Å². The van der Waals surface area contributed by atoms with Gasteiger partial charge in [-0.3, -0.25) is 19.2 Å². The largest absolute Gasteiger partial charge is 0.465 e. The maximum Gasteiger partial charge on any atom is 0.325 e. The van der Waals surface area contributed by atoms with Crippen molar-refractivity contribution in [3.05, 3.63) is 40.3 Å². The van der Waals surface area contributed by atoms with E-state index < -0.39 is 17.8 Å². The van der Waals surface area contributed by atoms with E-state index in [1.807, 2.05) is 0 Å². The zero-order chi connectivity index (χ0) is 17.5. The van der Waals surface area contributed by atoms with Gasteiger partial charge in [0.1, 0.15) is 6.54 Å². The minimum atomic E-state index is -0.961. The van der Waals surface area contributed by atoms with Crippen molar-refractivity contribution in [3.63, 3.8) is 0 Å². The number of amides is 2. The second-order valence-corrected chi connectivity index (χ2v) is 4.72. The molecule has 1 heterocycles. The van der Waals surface area contributed by atoms with Crippen LogP contribution in [0.4, 0.5) is 0 Å². The third-order valence-corrected chi connectivity index (χ3v) is 3.10. The van der Waals surface area contributed by atoms with Gasteiger partial charge in [-0.05, 0) is 13.0 Å². The van der Waals surface area contributed by atoms with Crippen LogP contribution in [0.25, 0.3) is 10.8 Å². The molecule has 0 saturated carbocycles. The van der Waals surface area contributed by atoms with Gasteiger partial charge in [-0.2, -0.15) is 5.10 Å². The van der Waals surface area contributed by atoms with Gasteiger partial charge in [0.15, 0.2) is 0 Å². The van der Waals surface area contributed by atoms with Crippen molar-refractivity contribution < 1.29 is 19.1 Å². The lowest BCUT2D eigenvalue weighted by Gasteiger charge is -2.07. The van der Waals surface area contributed by atoms with Crippen molar-refractivity contribution in [2.75, 3.05) is 13.2 Å². The fraction of sp³-hybridized carbons (Fsp3) is 0.267. The predicted octanol–water partition coefficient (Wildman–Crippen LogP) is -0.781. The number of hydrogen-bond donors (Lipinski definition) is 3. The third-order valence-electron chi connectivity index (χ3n) is 3.10. The van der Waals surface area contributed by atoms with Crippen LogP contribution in [0, 0.1) is 0 Å². The highest BCUT2D eigenvalue weighted by Gasteiger charge is 2.15. The topological polar surface area (TPSA) is 130 Å². The number of fused-ring (bicyclic) bond motifs is 1. The molecule has 0 aliphatic carbocycles. The van der Waals surface area contributed by atoms with Gasteiger partial charge in [0.2, 0.25) is 0 Å². The Kier molecular flexibility index (Phi) is 5.61. The van der Waals surface area contributed by atoms with E-state index in [1.165, 1.54) is 0 Å². The second kappa shape index (κ2) is 7.86. The van der Waals surface area contributed by atoms with Gasteiger partial charge in [-0.1, -0.05) is 18.2 Å². The first-order chi connectivity index (χ1) is 11.5. The van der Waals surface area contributed by atoms with Crippen LogP contribution in [0.2, 0.25) is 0 Å². The zero-order valence-electron chi connectivity index (χ0n) is 12.9. The summed E-state index contributed by atoms with van der Waals surface area (Å²) < 4.78 is 4.63. The number of H-pyrrole nitrogens is 1. The Labute approximate surface area is 136 Å². The van der Waals surface area contributed by atoms with Crippen molar-refractivity contribution in [3.8, 4) is 0 Å². The number of nitrogens with zero attached hydrogens (tertiary/aromatic N) is 1. The fourth-order valence-electron chi connectivity index (χ4n) is 2.00. The highest BCUT2D eigenvalue weighted by molar-refractivity contribution is 6.35. The predicted molar refractivity (Wildman–Crippen MR) is 83.9 cm³/mol. The molecule has 1 aromatic carbocycles. The Balaban J connectivity index is 1.97. The van der Waals surface area contributed by atoms with Gasteiger partial charge < -0.3 is 15.4 Å². The van der Waals surface area contributed by atoms with Crippen molar-refractivity contribution in [1.82, 2.24) is 20.8 Å². The van der Waals surface area contributed by atoms with Crippen LogP contribution in [-0.4, -0.2) is 41.1 Å². The standard InChI is InChI=1S/C15H16N4O5/c1-2-24-12(20)8-17-15(23)14(22)16-7-11-9-5-3-4-6-10(9)13(21)19-18-11/h3-6H,2,7-8H2,1H3,(H,16,22)(H,17,23)(H,19,21). The van der Waals surface area contributed by atoms with Gasteiger partial charge in [-0.25, -0.2) is 5.10 Å². The summed E-state index contributed by atoms with van der Waals surface area (Å²) >= 11 is 0. The molecule has 24 heavy (non-hydrogen) atoms. The molecule has 0 saturated heterocycles. The summed E-state index contributed by atoms with van der Waals surface area (Å²) in [7, 11) is 0. The molecule has 1 aromatic heterocycles. The first kappa shape index (κ1) is 17.1. The van der Waals surface area contributed by atoms with Gasteiger partial charge in [0, 0.05) is 5.39 Å². The maximum atomic E-state index is 11.7. The number of ether oxygens (including phenoxy) is 1. The molecular formula is C15H16N4O5. The number of esters is 1. The lowest BCUT2D eigenvalue weighted by molar-refractivity contribution is -0.145. The molecular weight excluding hydrogens is 316 g/mol. The molecule has 0 fully saturated rings. The molecule has 126 valence electrons. The molecule has 0 aliphatic rings. The molecule has 9 nitrogen and oxygen atoms in total. The Bertz CT molecular complexity index is 830. The lowest BCUT2D eigenvalue weighted by atomic mass is 10.1. The van der Waals surface area contributed by atoms with Gasteiger partial charge >= 0.3 is 17.8 Å². The van der Waals surface area contributed by atoms with Crippen LogP contribution in [0.3, 0.4) is 0 Å². The monoisotopic (exact) mass is 332 g/mol. The molecule has 0 atom stereocenters. The van der Waals surface area contributed by atoms with Crippen molar-refractivity contribution >= 4 is 28.6 Å². The molecule has 0 unspecified atom stereocenters. The average Bonchev–Trinajstić information content (AvgIpc) is 2.59. The minimum Gasteiger partial charge on any atom is -0.465 e. The van der Waals surface area contributed by atoms with Gasteiger partial charge in [-0.15, -0.1) is 0 Å². The number of hydrogen-bond acceptors (Lipinski definition) is 6. The number of carbonyl (C=O) groups is 3. The van der Waals surface area contributed by atoms with Crippen molar-refractivity contribution in [1.29, 1.82) is 0 Å². The van der Waals surface area contributed by atoms with Crippen molar-refractivity contribution in [2.45, 2.75) is 13.5 Å². The Morgan fingerprint density at radius 3 is 2.50 bits per heavy atom. The molecule has 2 aromatic rings. The first-order valence-corrected chi connectivity index (χ1v) is 7.21. The summed E-state index contributed by atoms with van der Waals surface area (Å²) in [5, 5.41) is 11.7. The summed E-state index contributed by atoms with van der Waals surface area (Å²) in [5.74, 6) is -2.51. The maximum absolute atomic E-state index is 11.7. The summed E-state index contributed by atoms with van der Waals surface area (Å²) in [5.41, 5.74) is 0.0737. The summed E-state index contributed by atoms with van der Waals surface area (Å²) in [6.07, 6.45) is 0. The van der Waals surface area contributed by atoms with Crippen LogP contribution in [-0.2, 0) is 25.7 Å². The molecule has 0 radical (unpaired) electrons. The highest BCUT2D eigenvalue weighted by atomic mass is 16.5. The fourth-order valence-corrected chi connectivity index (χ4v) is 2.00. The molecule has 2 rings (SSSR count). The van der Waals surface area contributed by atoms with E-state index in [9.17, 15) is 19.2 Å². The SMILES string of the molecule is CCOC(=O)CNC(=O)C(=O)NCc1n[nH]c(=O)c2ccccc12. The van der Waals surface area contributed by atoms with E-state index >= 15 is 0 Å². The summed E-state index contributed by atoms with van der Waals surface area (Å²) in [6, 6.07) is 6.77. The quantitative estimate of drug-likeness (QED) is 0.486. The Morgan fingerprint density at radius 2 is 1.79 bits per heavy atom. The van der Waals surface area contributed by atoms with E-state index in [0.717, 1.165) is 0 Å². The Hall–Kier alpha value is -3.23. The van der Waals surface area contributed by atoms with E-state index in [2.05, 4.69) is 25.6 Å². The van der Waals surface area contributed by atoms with Crippen LogP contribution < -0.4 is 16.2 Å². The van der Waals surface area contributed by atoms with Gasteiger partial charge in [0.05, 0.1) is 24.2 Å². The molecule has 9 heteroatoms. The zero-order valence-corrected chi connectivity index (χ0v) is 12.9. The first-order valence-electron chi connectivity index (χ1n) is 7.21. The number of benzene rings is 1. The molecule has 2 amide bonds. The van der Waals surface area contributed by atoms with E-state index in [4.69, 9.17) is 0 Å². The number of rotatable bonds is 5. The van der Waals surface area contributed by atoms with Crippen LogP contribution in [0.5, 0.6) is 0 Å². The minimum absolute atomic E-state index is 0.0526. The van der Waals surface area contributed by atoms with Gasteiger partial charge in [0.25, 0.3) is 5.56 Å². The smallest absolute Gasteiger partial charge is 0.325 e. The molecule has 0 bridgehead atoms.